The van der Waals surface area contributed by atoms with Crippen LogP contribution >= 0.6 is 12.0 Å². The van der Waals surface area contributed by atoms with Crippen molar-refractivity contribution in [3.8, 4) is 0 Å². The number of aliphatic hydroxyl groups is 1. The maximum absolute atomic E-state index is 14.2. The molecule has 0 aromatic carbocycles. The summed E-state index contributed by atoms with van der Waals surface area (Å²) in [6, 6.07) is 0. The summed E-state index contributed by atoms with van der Waals surface area (Å²) in [5.41, 5.74) is -1.20. The monoisotopic (exact) mass is 376 g/mol. The Morgan fingerprint density at radius 3 is 2.21 bits per heavy atom. The predicted octanol–water partition coefficient (Wildman–Crippen LogP) is 2.77. The molecule has 0 aliphatic heterocycles. The predicted molar refractivity (Wildman–Crippen MR) is 70.7 cm³/mol. The molecule has 11 heteroatoms. The molecule has 4 rings (SSSR count). The topological polar surface area (TPSA) is 85.2 Å². The van der Waals surface area contributed by atoms with Gasteiger partial charge in [-0.1, -0.05) is 5.04 Å². The lowest BCUT2D eigenvalue weighted by atomic mass is 9.53. The summed E-state index contributed by atoms with van der Waals surface area (Å²) in [7, 11) is 0. The first-order chi connectivity index (χ1) is 11.1. The second kappa shape index (κ2) is 5.97. The van der Waals surface area contributed by atoms with Crippen LogP contribution in [-0.2, 0) is 18.9 Å². The number of hydrogen-bond donors (Lipinski definition) is 2. The fourth-order valence-electron chi connectivity index (χ4n) is 4.57. The van der Waals surface area contributed by atoms with Gasteiger partial charge >= 0.3 is 17.1 Å². The van der Waals surface area contributed by atoms with Crippen molar-refractivity contribution in [1.29, 1.82) is 0 Å². The van der Waals surface area contributed by atoms with Crippen LogP contribution in [0.3, 0.4) is 0 Å². The van der Waals surface area contributed by atoms with E-state index in [0.717, 1.165) is 12.8 Å². The van der Waals surface area contributed by atoms with Crippen LogP contribution in [0.1, 0.15) is 32.1 Å². The molecule has 2 N–H and O–H groups in total. The molecule has 138 valence electrons. The molecule has 0 heterocycles. The smallest absolute Gasteiger partial charge is 0.446 e. The Morgan fingerprint density at radius 1 is 1.12 bits per heavy atom. The van der Waals surface area contributed by atoms with Crippen molar-refractivity contribution >= 4 is 18.0 Å². The first kappa shape index (κ1) is 18.2. The average Bonchev–Trinajstić information content (AvgIpc) is 2.47. The van der Waals surface area contributed by atoms with Gasteiger partial charge in [-0.25, -0.2) is 14.4 Å². The van der Waals surface area contributed by atoms with Crippen molar-refractivity contribution < 1.29 is 46.8 Å². The molecule has 0 aromatic heterocycles. The minimum Gasteiger partial charge on any atom is -0.456 e. The molecular formula is C13H16F4O6S. The Bertz CT molecular complexity index is 501. The van der Waals surface area contributed by atoms with Crippen molar-refractivity contribution in [1.82, 2.24) is 0 Å². The fourth-order valence-corrected chi connectivity index (χ4v) is 4.90. The number of esters is 1. The third-order valence-corrected chi connectivity index (χ3v) is 6.04. The van der Waals surface area contributed by atoms with Gasteiger partial charge in [-0.3, -0.25) is 0 Å². The van der Waals surface area contributed by atoms with E-state index in [4.69, 9.17) is 9.99 Å². The van der Waals surface area contributed by atoms with Crippen molar-refractivity contribution in [2.45, 2.75) is 55.0 Å². The van der Waals surface area contributed by atoms with Gasteiger partial charge in [0.05, 0.1) is 18.1 Å². The highest BCUT2D eigenvalue weighted by molar-refractivity contribution is 7.96. The summed E-state index contributed by atoms with van der Waals surface area (Å²) in [6.45, 7) is 0. The zero-order valence-electron chi connectivity index (χ0n) is 12.3. The van der Waals surface area contributed by atoms with Gasteiger partial charge in [-0.15, -0.1) is 4.33 Å². The number of carbonyl (C=O) groups excluding carboxylic acids is 1. The molecule has 6 nitrogen and oxygen atoms in total. The number of hydrogen-bond acceptors (Lipinski definition) is 7. The van der Waals surface area contributed by atoms with Crippen LogP contribution in [0, 0.1) is 17.8 Å². The van der Waals surface area contributed by atoms with Crippen molar-refractivity contribution in [3.63, 3.8) is 0 Å². The van der Waals surface area contributed by atoms with Crippen molar-refractivity contribution in [2.75, 3.05) is 0 Å². The highest BCUT2D eigenvalue weighted by Crippen LogP contribution is 2.58. The number of aliphatic hydroxyl groups excluding tert-OH is 1. The van der Waals surface area contributed by atoms with E-state index in [9.17, 15) is 27.5 Å². The standard InChI is InChI=1S/C13H16F4O6S/c14-12(13(15,16)17,24-23-22-20)10(19)21-11-3-6-1-7(4-11)9(18)8(2-6)5-11/h6-9,18,20H,1-5H2. The summed E-state index contributed by atoms with van der Waals surface area (Å²) in [6.07, 6.45) is -3.96. The van der Waals surface area contributed by atoms with E-state index >= 15 is 0 Å². The zero-order valence-corrected chi connectivity index (χ0v) is 13.1. The van der Waals surface area contributed by atoms with Gasteiger partial charge in [0.15, 0.2) is 0 Å². The fraction of sp³-hybridized carbons (Fsp3) is 0.923. The minimum atomic E-state index is -5.63. The molecule has 4 aliphatic carbocycles. The number of halogens is 4. The summed E-state index contributed by atoms with van der Waals surface area (Å²) in [5, 5.41) is 16.5. The third kappa shape index (κ3) is 2.90. The molecule has 3 atom stereocenters. The SMILES string of the molecule is O=C(OC12CC3CC(C1)C(O)C(C3)C2)C(F)(SOOO)C(F)(F)F. The lowest BCUT2D eigenvalue weighted by Gasteiger charge is -2.57. The molecule has 0 saturated heterocycles. The van der Waals surface area contributed by atoms with E-state index in [1.54, 1.807) is 0 Å². The van der Waals surface area contributed by atoms with Crippen LogP contribution in [0.5, 0.6) is 0 Å². The van der Waals surface area contributed by atoms with Crippen LogP contribution in [0.4, 0.5) is 17.6 Å². The van der Waals surface area contributed by atoms with E-state index in [1.165, 1.54) is 0 Å². The zero-order chi connectivity index (χ0) is 17.8. The Kier molecular flexibility index (Phi) is 4.53. The normalized spacial score (nSPS) is 40.4. The molecule has 0 amide bonds. The van der Waals surface area contributed by atoms with E-state index in [2.05, 4.69) is 9.37 Å². The summed E-state index contributed by atoms with van der Waals surface area (Å²) >= 11 is -1.02. The summed E-state index contributed by atoms with van der Waals surface area (Å²) < 4.78 is 61.6. The van der Waals surface area contributed by atoms with Gasteiger partial charge in [-0.2, -0.15) is 13.2 Å². The van der Waals surface area contributed by atoms with E-state index in [-0.39, 0.29) is 30.6 Å². The molecule has 0 radical (unpaired) electrons. The van der Waals surface area contributed by atoms with E-state index < -0.39 is 40.9 Å². The first-order valence-corrected chi connectivity index (χ1v) is 8.17. The number of alkyl halides is 4. The number of ether oxygens (including phenoxy) is 1. The van der Waals surface area contributed by atoms with Crippen LogP contribution in [0.2, 0.25) is 0 Å². The van der Waals surface area contributed by atoms with Gasteiger partial charge in [-0.05, 0) is 49.9 Å². The van der Waals surface area contributed by atoms with Gasteiger partial charge in [0.2, 0.25) is 0 Å². The third-order valence-electron chi connectivity index (χ3n) is 5.28. The lowest BCUT2D eigenvalue weighted by Crippen LogP contribution is -2.60. The molecular weight excluding hydrogens is 360 g/mol. The van der Waals surface area contributed by atoms with Gasteiger partial charge in [0.1, 0.15) is 5.60 Å². The van der Waals surface area contributed by atoms with Crippen LogP contribution in [-0.4, -0.2) is 39.2 Å². The van der Waals surface area contributed by atoms with Crippen molar-refractivity contribution in [2.24, 2.45) is 17.8 Å². The molecule has 4 fully saturated rings. The summed E-state index contributed by atoms with van der Waals surface area (Å²) in [5.74, 6) is -2.32. The highest BCUT2D eigenvalue weighted by Gasteiger charge is 2.68. The highest BCUT2D eigenvalue weighted by atomic mass is 32.2. The first-order valence-electron chi connectivity index (χ1n) is 7.43. The van der Waals surface area contributed by atoms with Gasteiger partial charge < -0.3 is 9.84 Å². The molecule has 0 spiro atoms. The minimum absolute atomic E-state index is 0.142. The molecule has 3 unspecified atom stereocenters. The molecule has 4 aliphatic rings. The number of rotatable bonds is 5. The Balaban J connectivity index is 1.78. The quantitative estimate of drug-likeness (QED) is 0.251. The Hall–Kier alpha value is -0.620. The molecule has 4 bridgehead atoms. The molecule has 24 heavy (non-hydrogen) atoms. The Labute approximate surface area is 138 Å². The maximum Gasteiger partial charge on any atom is 0.446 e. The molecule has 4 saturated carbocycles. The van der Waals surface area contributed by atoms with Crippen LogP contribution in [0.25, 0.3) is 0 Å². The van der Waals surface area contributed by atoms with Gasteiger partial charge in [0.25, 0.3) is 0 Å². The van der Waals surface area contributed by atoms with Gasteiger partial charge in [0, 0.05) is 0 Å². The average molecular weight is 376 g/mol. The second-order valence-electron chi connectivity index (χ2n) is 6.85. The largest absolute Gasteiger partial charge is 0.456 e. The van der Waals surface area contributed by atoms with E-state index in [0.29, 0.717) is 6.42 Å². The van der Waals surface area contributed by atoms with Crippen LogP contribution in [0.15, 0.2) is 0 Å². The maximum atomic E-state index is 14.2. The second-order valence-corrected chi connectivity index (χ2v) is 7.72. The van der Waals surface area contributed by atoms with E-state index in [1.807, 2.05) is 0 Å². The molecule has 0 aromatic rings. The van der Waals surface area contributed by atoms with Crippen molar-refractivity contribution in [3.05, 3.63) is 0 Å². The van der Waals surface area contributed by atoms with Crippen LogP contribution < -0.4 is 0 Å². The Morgan fingerprint density at radius 2 is 1.71 bits per heavy atom. The lowest BCUT2D eigenvalue weighted by molar-refractivity contribution is -0.433. The summed E-state index contributed by atoms with van der Waals surface area (Å²) in [4.78, 5) is 12.0. The number of carbonyl (C=O) groups is 1.